The molecule has 4 aromatic rings. The van der Waals surface area contributed by atoms with Crippen molar-refractivity contribution in [1.29, 1.82) is 0 Å². The summed E-state index contributed by atoms with van der Waals surface area (Å²) in [6, 6.07) is 3.65. The summed E-state index contributed by atoms with van der Waals surface area (Å²) < 4.78 is 12.4. The lowest BCUT2D eigenvalue weighted by Crippen LogP contribution is -2.22. The van der Waals surface area contributed by atoms with E-state index in [4.69, 9.17) is 13.9 Å². The number of aryl methyl sites for hydroxylation is 2. The third-order valence-electron chi connectivity index (χ3n) is 4.28. The molecule has 4 rings (SSSR count). The fourth-order valence-corrected chi connectivity index (χ4v) is 4.99. The minimum absolute atomic E-state index is 0.0891. The normalized spacial score (nSPS) is 11.3. The monoisotopic (exact) mass is 399 g/mol. The van der Waals surface area contributed by atoms with Gasteiger partial charge in [-0.15, -0.1) is 17.9 Å². The minimum Gasteiger partial charge on any atom is -0.464 e. The summed E-state index contributed by atoms with van der Waals surface area (Å²) in [5.41, 5.74) is 2.57. The van der Waals surface area contributed by atoms with Crippen molar-refractivity contribution in [2.24, 2.45) is 0 Å². The molecule has 0 aliphatic heterocycles. The first kappa shape index (κ1) is 17.8. The number of allylic oxidation sites excluding steroid dienone is 1. The Morgan fingerprint density at radius 3 is 2.93 bits per heavy atom. The SMILES string of the molecule is C=CCn1c(SCc2c(C)noc2C)nc2scc(-c3ccco3)c2c1=O. The van der Waals surface area contributed by atoms with E-state index in [9.17, 15) is 4.79 Å². The van der Waals surface area contributed by atoms with Crippen LogP contribution in [0, 0.1) is 13.8 Å². The number of nitrogens with zero attached hydrogens (tertiary/aromatic N) is 3. The van der Waals surface area contributed by atoms with Gasteiger partial charge in [0, 0.05) is 28.8 Å². The first-order valence-corrected chi connectivity index (χ1v) is 10.2. The smallest absolute Gasteiger partial charge is 0.263 e. The Kier molecular flexibility index (Phi) is 4.75. The Morgan fingerprint density at radius 2 is 2.26 bits per heavy atom. The number of hydrogen-bond acceptors (Lipinski definition) is 7. The molecule has 6 nitrogen and oxygen atoms in total. The zero-order valence-electron chi connectivity index (χ0n) is 14.9. The quantitative estimate of drug-likeness (QED) is 0.263. The second-order valence-corrected chi connectivity index (χ2v) is 7.80. The lowest BCUT2D eigenvalue weighted by Gasteiger charge is -2.10. The molecule has 0 aliphatic carbocycles. The number of fused-ring (bicyclic) bond motifs is 1. The molecular weight excluding hydrogens is 382 g/mol. The van der Waals surface area contributed by atoms with E-state index in [-0.39, 0.29) is 5.56 Å². The van der Waals surface area contributed by atoms with Gasteiger partial charge in [-0.1, -0.05) is 23.0 Å². The van der Waals surface area contributed by atoms with E-state index in [0.29, 0.717) is 33.4 Å². The summed E-state index contributed by atoms with van der Waals surface area (Å²) in [6.45, 7) is 7.97. The number of thiophene rings is 1. The highest BCUT2D eigenvalue weighted by Crippen LogP contribution is 2.33. The maximum absolute atomic E-state index is 13.2. The highest BCUT2D eigenvalue weighted by atomic mass is 32.2. The van der Waals surface area contributed by atoms with E-state index >= 15 is 0 Å². The highest BCUT2D eigenvalue weighted by Gasteiger charge is 2.19. The third-order valence-corrected chi connectivity index (χ3v) is 6.16. The lowest BCUT2D eigenvalue weighted by atomic mass is 10.2. The summed E-state index contributed by atoms with van der Waals surface area (Å²) in [7, 11) is 0. The molecule has 4 heterocycles. The van der Waals surface area contributed by atoms with Crippen molar-refractivity contribution in [3.63, 3.8) is 0 Å². The van der Waals surface area contributed by atoms with Crippen molar-refractivity contribution in [3.05, 3.63) is 63.8 Å². The second-order valence-electron chi connectivity index (χ2n) is 6.00. The van der Waals surface area contributed by atoms with E-state index in [1.807, 2.05) is 31.4 Å². The average Bonchev–Trinajstić information content (AvgIpc) is 3.37. The van der Waals surface area contributed by atoms with Gasteiger partial charge in [0.25, 0.3) is 5.56 Å². The number of rotatable bonds is 6. The van der Waals surface area contributed by atoms with E-state index in [1.165, 1.54) is 23.1 Å². The van der Waals surface area contributed by atoms with Gasteiger partial charge in [-0.3, -0.25) is 9.36 Å². The number of aromatic nitrogens is 3. The lowest BCUT2D eigenvalue weighted by molar-refractivity contribution is 0.392. The molecule has 0 radical (unpaired) electrons. The Labute approximate surface area is 163 Å². The van der Waals surface area contributed by atoms with Crippen LogP contribution >= 0.6 is 23.1 Å². The summed E-state index contributed by atoms with van der Waals surface area (Å²) in [5, 5.41) is 7.14. The summed E-state index contributed by atoms with van der Waals surface area (Å²) in [6.07, 6.45) is 3.30. The predicted molar refractivity (Wildman–Crippen MR) is 107 cm³/mol. The molecule has 0 bridgehead atoms. The Balaban J connectivity index is 1.80. The van der Waals surface area contributed by atoms with Crippen LogP contribution in [0.25, 0.3) is 21.5 Å². The van der Waals surface area contributed by atoms with Crippen LogP contribution in [0.2, 0.25) is 0 Å². The van der Waals surface area contributed by atoms with E-state index in [2.05, 4.69) is 11.7 Å². The number of furan rings is 1. The fourth-order valence-electron chi connectivity index (χ4n) is 2.86. The van der Waals surface area contributed by atoms with Gasteiger partial charge in [0.15, 0.2) is 5.16 Å². The van der Waals surface area contributed by atoms with Crippen LogP contribution < -0.4 is 5.56 Å². The number of thioether (sulfide) groups is 1. The Bertz CT molecular complexity index is 1150. The van der Waals surface area contributed by atoms with Gasteiger partial charge in [0.05, 0.1) is 17.3 Å². The van der Waals surface area contributed by atoms with Crippen molar-refractivity contribution >= 4 is 33.3 Å². The minimum atomic E-state index is -0.0891. The van der Waals surface area contributed by atoms with Crippen LogP contribution in [0.3, 0.4) is 0 Å². The van der Waals surface area contributed by atoms with Crippen molar-refractivity contribution in [2.75, 3.05) is 0 Å². The molecule has 0 spiro atoms. The summed E-state index contributed by atoms with van der Waals surface area (Å²) in [4.78, 5) is 18.7. The molecule has 0 saturated heterocycles. The Hall–Kier alpha value is -2.58. The van der Waals surface area contributed by atoms with Crippen molar-refractivity contribution in [2.45, 2.75) is 31.3 Å². The molecule has 8 heteroatoms. The van der Waals surface area contributed by atoms with Gasteiger partial charge in [0.1, 0.15) is 16.4 Å². The largest absolute Gasteiger partial charge is 0.464 e. The van der Waals surface area contributed by atoms with Crippen LogP contribution in [0.4, 0.5) is 0 Å². The van der Waals surface area contributed by atoms with Gasteiger partial charge >= 0.3 is 0 Å². The van der Waals surface area contributed by atoms with Crippen LogP contribution in [0.5, 0.6) is 0 Å². The molecule has 0 unspecified atom stereocenters. The van der Waals surface area contributed by atoms with Crippen molar-refractivity contribution < 1.29 is 8.94 Å². The topological polar surface area (TPSA) is 74.1 Å². The average molecular weight is 399 g/mol. The summed E-state index contributed by atoms with van der Waals surface area (Å²) in [5.74, 6) is 2.09. The molecule has 27 heavy (non-hydrogen) atoms. The Morgan fingerprint density at radius 1 is 1.41 bits per heavy atom. The van der Waals surface area contributed by atoms with Crippen LogP contribution in [0.1, 0.15) is 17.0 Å². The maximum Gasteiger partial charge on any atom is 0.263 e. The standard InChI is InChI=1S/C19H17N3O3S2/c1-4-7-22-18(23)16-14(15-6-5-8-24-15)10-26-17(16)20-19(22)27-9-13-11(2)21-25-12(13)3/h4-6,8,10H,1,7,9H2,2-3H3. The molecule has 4 aromatic heterocycles. The molecule has 0 saturated carbocycles. The molecule has 0 aliphatic rings. The van der Waals surface area contributed by atoms with Gasteiger partial charge in [-0.25, -0.2) is 4.98 Å². The number of hydrogen-bond donors (Lipinski definition) is 0. The third kappa shape index (κ3) is 3.15. The van der Waals surface area contributed by atoms with Gasteiger partial charge < -0.3 is 8.94 Å². The zero-order chi connectivity index (χ0) is 19.0. The van der Waals surface area contributed by atoms with Gasteiger partial charge in [0.2, 0.25) is 0 Å². The summed E-state index contributed by atoms with van der Waals surface area (Å²) >= 11 is 2.94. The molecular formula is C19H17N3O3S2. The molecule has 0 N–H and O–H groups in total. The second kappa shape index (κ2) is 7.21. The first-order valence-electron chi connectivity index (χ1n) is 8.31. The van der Waals surface area contributed by atoms with Crippen LogP contribution in [-0.2, 0) is 12.3 Å². The predicted octanol–water partition coefficient (Wildman–Crippen LogP) is 4.80. The maximum atomic E-state index is 13.2. The molecule has 0 amide bonds. The van der Waals surface area contributed by atoms with Gasteiger partial charge in [-0.2, -0.15) is 0 Å². The van der Waals surface area contributed by atoms with E-state index in [1.54, 1.807) is 16.9 Å². The van der Waals surface area contributed by atoms with Crippen LogP contribution in [-0.4, -0.2) is 14.7 Å². The fraction of sp³-hybridized carbons (Fsp3) is 0.211. The molecule has 0 atom stereocenters. The van der Waals surface area contributed by atoms with Crippen LogP contribution in [0.15, 0.2) is 55.3 Å². The van der Waals surface area contributed by atoms with E-state index in [0.717, 1.165) is 22.6 Å². The molecule has 0 aromatic carbocycles. The first-order chi connectivity index (χ1) is 13.1. The molecule has 0 fully saturated rings. The van der Waals surface area contributed by atoms with Crippen molar-refractivity contribution in [1.82, 2.24) is 14.7 Å². The van der Waals surface area contributed by atoms with Gasteiger partial charge in [-0.05, 0) is 26.0 Å². The van der Waals surface area contributed by atoms with E-state index < -0.39 is 0 Å². The van der Waals surface area contributed by atoms with Crippen molar-refractivity contribution in [3.8, 4) is 11.3 Å². The molecule has 138 valence electrons. The highest BCUT2D eigenvalue weighted by molar-refractivity contribution is 7.98. The zero-order valence-corrected chi connectivity index (χ0v) is 16.5.